The predicted molar refractivity (Wildman–Crippen MR) is 243 cm³/mol. The minimum absolute atomic E-state index is 0.104. The number of carbonyl (C=O) groups is 2. The Morgan fingerprint density at radius 3 is 1.89 bits per heavy atom. The van der Waals surface area contributed by atoms with Gasteiger partial charge in [-0.05, 0) is 82.4 Å². The summed E-state index contributed by atoms with van der Waals surface area (Å²) in [5.74, 6) is 1.39. The molecule has 4 heterocycles. The van der Waals surface area contributed by atoms with Crippen LogP contribution in [0.15, 0.2) is 60.7 Å². The number of benzene rings is 2. The van der Waals surface area contributed by atoms with Gasteiger partial charge in [0.25, 0.3) is 0 Å². The molecule has 0 aromatic heterocycles. The highest BCUT2D eigenvalue weighted by molar-refractivity contribution is 8.98. The molecule has 2 N–H and O–H groups in total. The van der Waals surface area contributed by atoms with E-state index >= 15 is 0 Å². The standard InChI is InChI=1S/C20H29N3O.C18H25N3O.H9P7/c24-19-16-23(15-17-7-3-1-4-8-17)20(21-19)11-13-22(14-12-20)18-9-5-2-6-10-18;22-17-12-19-18(21(17)14-15-4-2-1-3-5-15)8-10-20(11-9-18)13-16-6-7-16;1-5-7(4)6(2)3/h1,3-4,7-8,18H,2,5-6,9-16H2,(H,21,24);1-5,16,19H,6-14H2;5H,1-4H2. The molecular formula is C38H63N6O2P7. The average Bonchev–Trinajstić information content (AvgIpc) is 3.90. The van der Waals surface area contributed by atoms with E-state index in [0.717, 1.165) is 84.9 Å². The Bertz CT molecular complexity index is 1440. The summed E-state index contributed by atoms with van der Waals surface area (Å²) in [5.41, 5.74) is 2.30. The van der Waals surface area contributed by atoms with Crippen LogP contribution < -0.4 is 10.6 Å². The SMILES string of the molecule is O=C1CN(Cc2ccccc2)C2(CCN(C3CCCCC3)CC2)N1.O=C1CNC2(CCN(CC3CC3)CC2)N1Cc1ccccc1.PPP(P)P(P)P. The van der Waals surface area contributed by atoms with Crippen molar-refractivity contribution in [1.29, 1.82) is 0 Å². The number of piperidine rings is 2. The van der Waals surface area contributed by atoms with Crippen molar-refractivity contribution < 1.29 is 9.59 Å². The molecule has 53 heavy (non-hydrogen) atoms. The van der Waals surface area contributed by atoms with E-state index in [2.05, 4.69) is 108 Å². The lowest BCUT2D eigenvalue weighted by Crippen LogP contribution is -2.59. The van der Waals surface area contributed by atoms with Crippen LogP contribution in [0.2, 0.25) is 0 Å². The third kappa shape index (κ3) is 12.1. The van der Waals surface area contributed by atoms with Crippen LogP contribution in [0.3, 0.4) is 0 Å². The second-order valence-corrected chi connectivity index (χ2v) is 37.9. The number of carbonyl (C=O) groups excluding carboxylic acids is 2. The van der Waals surface area contributed by atoms with E-state index in [1.165, 1.54) is 62.6 Å². The molecule has 2 aliphatic carbocycles. The fraction of sp³-hybridized carbons (Fsp3) is 0.632. The van der Waals surface area contributed by atoms with E-state index in [1.54, 1.807) is 0 Å². The molecule has 6 unspecified atom stereocenters. The molecule has 2 aromatic rings. The molecule has 8 nitrogen and oxygen atoms in total. The van der Waals surface area contributed by atoms with Gasteiger partial charge in [0.15, 0.2) is 0 Å². The minimum Gasteiger partial charge on any atom is -0.337 e. The first-order valence-electron chi connectivity index (χ1n) is 19.6. The summed E-state index contributed by atoms with van der Waals surface area (Å²) in [6, 6.07) is 21.7. The van der Waals surface area contributed by atoms with Crippen molar-refractivity contribution in [2.75, 3.05) is 45.8 Å². The number of hydrogen-bond acceptors (Lipinski definition) is 6. The molecule has 4 saturated heterocycles. The molecule has 6 fully saturated rings. The lowest BCUT2D eigenvalue weighted by Gasteiger charge is -2.47. The van der Waals surface area contributed by atoms with E-state index < -0.39 is 0 Å². The highest BCUT2D eigenvalue weighted by Crippen LogP contribution is 2.92. The van der Waals surface area contributed by atoms with Gasteiger partial charge in [-0.2, -0.15) is 0 Å². The Labute approximate surface area is 332 Å². The maximum absolute atomic E-state index is 12.4. The first-order chi connectivity index (χ1) is 25.7. The molecule has 0 bridgehead atoms. The Kier molecular flexibility index (Phi) is 16.8. The smallest absolute Gasteiger partial charge is 0.238 e. The lowest BCUT2D eigenvalue weighted by molar-refractivity contribution is -0.132. The van der Waals surface area contributed by atoms with Crippen molar-refractivity contribution in [2.45, 2.75) is 101 Å². The lowest BCUT2D eigenvalue weighted by atomic mass is 9.89. The van der Waals surface area contributed by atoms with Crippen LogP contribution in [-0.4, -0.2) is 94.6 Å². The van der Waals surface area contributed by atoms with Crippen molar-refractivity contribution in [1.82, 2.24) is 30.2 Å². The quantitative estimate of drug-likeness (QED) is 0.248. The summed E-state index contributed by atoms with van der Waals surface area (Å²) in [4.78, 5) is 34.3. The van der Waals surface area contributed by atoms with Crippen LogP contribution in [0.1, 0.15) is 81.8 Å². The van der Waals surface area contributed by atoms with Gasteiger partial charge >= 0.3 is 0 Å². The number of rotatable bonds is 9. The third-order valence-corrected chi connectivity index (χ3v) is 42.6. The van der Waals surface area contributed by atoms with Crippen LogP contribution in [0.25, 0.3) is 0 Å². The van der Waals surface area contributed by atoms with Crippen LogP contribution in [0.5, 0.6) is 0 Å². The van der Waals surface area contributed by atoms with Crippen LogP contribution in [0, 0.1) is 5.92 Å². The summed E-state index contributed by atoms with van der Waals surface area (Å²) in [6.45, 7) is 8.82. The molecule has 15 heteroatoms. The predicted octanol–water partition coefficient (Wildman–Crippen LogP) is 8.18. The summed E-state index contributed by atoms with van der Waals surface area (Å²) in [5, 5.41) is 6.85. The summed E-state index contributed by atoms with van der Waals surface area (Å²) in [6.07, 6.45) is 14.0. The zero-order valence-corrected chi connectivity index (χ0v) is 38.8. The second-order valence-electron chi connectivity index (χ2n) is 15.7. The number of likely N-dealkylation sites (tertiary alicyclic amines) is 2. The van der Waals surface area contributed by atoms with Gasteiger partial charge in [0, 0.05) is 51.9 Å². The monoisotopic (exact) mass is 852 g/mol. The largest absolute Gasteiger partial charge is 0.337 e. The number of nitrogens with zero attached hydrogens (tertiary/aromatic N) is 4. The fourth-order valence-corrected chi connectivity index (χ4v) is 25.0. The van der Waals surface area contributed by atoms with E-state index in [4.69, 9.17) is 0 Å². The van der Waals surface area contributed by atoms with Gasteiger partial charge in [-0.25, -0.2) is 0 Å². The normalized spacial score (nSPS) is 24.4. The Balaban J connectivity index is 0.000000155. The molecule has 2 aromatic carbocycles. The van der Waals surface area contributed by atoms with E-state index in [9.17, 15) is 9.59 Å². The van der Waals surface area contributed by atoms with Crippen molar-refractivity contribution >= 4 is 69.5 Å². The molecule has 6 aliphatic rings. The van der Waals surface area contributed by atoms with E-state index in [1.807, 2.05) is 18.2 Å². The van der Waals surface area contributed by atoms with Crippen molar-refractivity contribution in [2.24, 2.45) is 5.92 Å². The van der Waals surface area contributed by atoms with Crippen LogP contribution >= 0.6 is 57.6 Å². The molecule has 2 spiro atoms. The average molecular weight is 853 g/mol. The zero-order chi connectivity index (χ0) is 37.3. The number of amides is 2. The molecular weight excluding hydrogens is 789 g/mol. The molecule has 2 saturated carbocycles. The van der Waals surface area contributed by atoms with Crippen LogP contribution in [-0.2, 0) is 22.7 Å². The summed E-state index contributed by atoms with van der Waals surface area (Å²) >= 11 is 0. The Hall–Kier alpha value is 0.230. The summed E-state index contributed by atoms with van der Waals surface area (Å²) < 4.78 is 0. The van der Waals surface area contributed by atoms with Gasteiger partial charge in [0.1, 0.15) is 0 Å². The summed E-state index contributed by atoms with van der Waals surface area (Å²) in [7, 11) is 12.4. The van der Waals surface area contributed by atoms with Gasteiger partial charge in [0.05, 0.1) is 24.4 Å². The maximum Gasteiger partial charge on any atom is 0.238 e. The highest BCUT2D eigenvalue weighted by atomic mass is 33.0. The highest BCUT2D eigenvalue weighted by Gasteiger charge is 2.48. The molecule has 292 valence electrons. The molecule has 0 radical (unpaired) electrons. The third-order valence-electron chi connectivity index (χ3n) is 12.1. The second kappa shape index (κ2) is 20.8. The van der Waals surface area contributed by atoms with Gasteiger partial charge in [-0.1, -0.05) is 87.9 Å². The topological polar surface area (TPSA) is 71.2 Å². The Morgan fingerprint density at radius 2 is 1.34 bits per heavy atom. The molecule has 8 rings (SSSR count). The van der Waals surface area contributed by atoms with E-state index in [0.29, 0.717) is 13.1 Å². The zero-order valence-electron chi connectivity index (χ0n) is 31.4. The Morgan fingerprint density at radius 1 is 0.755 bits per heavy atom. The van der Waals surface area contributed by atoms with Crippen molar-refractivity contribution in [3.8, 4) is 0 Å². The minimum atomic E-state index is -0.113. The van der Waals surface area contributed by atoms with Crippen molar-refractivity contribution in [3.05, 3.63) is 71.8 Å². The van der Waals surface area contributed by atoms with Crippen molar-refractivity contribution in [3.63, 3.8) is 0 Å². The first-order valence-corrected chi connectivity index (χ1v) is 31.5. The number of nitrogens with one attached hydrogen (secondary N) is 2. The fourth-order valence-electron chi connectivity index (χ4n) is 8.82. The van der Waals surface area contributed by atoms with Gasteiger partial charge in [-0.3, -0.25) is 19.8 Å². The van der Waals surface area contributed by atoms with E-state index in [-0.39, 0.29) is 37.1 Å². The van der Waals surface area contributed by atoms with Gasteiger partial charge in [-0.15, -0.1) is 35.7 Å². The molecule has 6 atom stereocenters. The van der Waals surface area contributed by atoms with Gasteiger partial charge < -0.3 is 20.0 Å². The molecule has 2 amide bonds. The van der Waals surface area contributed by atoms with Crippen LogP contribution in [0.4, 0.5) is 0 Å². The first kappa shape index (κ1) is 42.8. The maximum atomic E-state index is 12.4. The molecule has 4 aliphatic heterocycles. The van der Waals surface area contributed by atoms with Gasteiger partial charge in [0.2, 0.25) is 11.8 Å². The number of hydrogen-bond donors (Lipinski definition) is 2.